The highest BCUT2D eigenvalue weighted by molar-refractivity contribution is 14.0. The van der Waals surface area contributed by atoms with Gasteiger partial charge < -0.3 is 20.5 Å². The lowest BCUT2D eigenvalue weighted by molar-refractivity contribution is 0.127. The number of aliphatic imine (C=N–C) groups is 1. The maximum absolute atomic E-state index is 9.29. The summed E-state index contributed by atoms with van der Waals surface area (Å²) in [6, 6.07) is 5.61. The van der Waals surface area contributed by atoms with E-state index in [2.05, 4.69) is 15.6 Å². The van der Waals surface area contributed by atoms with Gasteiger partial charge in [-0.05, 0) is 43.4 Å². The first kappa shape index (κ1) is 23.8. The first-order valence-corrected chi connectivity index (χ1v) is 9.41. The Morgan fingerprint density at radius 2 is 2.15 bits per heavy atom. The fraction of sp³-hybridized carbons (Fsp3) is 0.611. The van der Waals surface area contributed by atoms with E-state index in [1.165, 1.54) is 0 Å². The van der Waals surface area contributed by atoms with Crippen LogP contribution in [0.1, 0.15) is 24.8 Å². The summed E-state index contributed by atoms with van der Waals surface area (Å²) in [6.07, 6.45) is 3.52. The number of aliphatic hydroxyl groups is 1. The van der Waals surface area contributed by atoms with E-state index in [1.807, 2.05) is 12.1 Å². The third-order valence-electron chi connectivity index (χ3n) is 4.61. The molecule has 1 unspecified atom stereocenters. The van der Waals surface area contributed by atoms with Crippen molar-refractivity contribution in [2.75, 3.05) is 40.0 Å². The SMILES string of the molecule is CN=C(NCCCc1ccc(Cl)cc1Cl)NCC1(CCO)CCOC1.I. The molecule has 1 aliphatic rings. The van der Waals surface area contributed by atoms with Crippen molar-refractivity contribution in [3.8, 4) is 0 Å². The Morgan fingerprint density at radius 1 is 1.35 bits per heavy atom. The zero-order valence-electron chi connectivity index (χ0n) is 15.1. The molecule has 0 bridgehead atoms. The molecular formula is C18H28Cl2IN3O2. The van der Waals surface area contributed by atoms with Gasteiger partial charge in [0.2, 0.25) is 0 Å². The standard InChI is InChI=1S/C18H27Cl2N3O2.HI/c1-21-17(23-12-18(6-9-24)7-10-25-13-18)22-8-2-3-14-4-5-15(19)11-16(14)20;/h4-5,11,24H,2-3,6-10,12-13H2,1H3,(H2,21,22,23);1H. The number of nitrogens with one attached hydrogen (secondary N) is 2. The van der Waals surface area contributed by atoms with Crippen LogP contribution in [0.25, 0.3) is 0 Å². The number of ether oxygens (including phenoxy) is 1. The second-order valence-electron chi connectivity index (χ2n) is 6.47. The molecule has 0 saturated carbocycles. The number of halogens is 3. The number of aryl methyl sites for hydroxylation is 1. The van der Waals surface area contributed by atoms with Crippen molar-refractivity contribution in [2.24, 2.45) is 10.4 Å². The largest absolute Gasteiger partial charge is 0.396 e. The van der Waals surface area contributed by atoms with Crippen LogP contribution in [0.5, 0.6) is 0 Å². The Hall–Kier alpha value is -0.280. The third kappa shape index (κ3) is 7.38. The molecule has 1 aromatic carbocycles. The van der Waals surface area contributed by atoms with E-state index in [9.17, 15) is 5.11 Å². The molecule has 148 valence electrons. The smallest absolute Gasteiger partial charge is 0.190 e. The number of rotatable bonds is 8. The minimum atomic E-state index is 0. The van der Waals surface area contributed by atoms with Gasteiger partial charge in [0.15, 0.2) is 5.96 Å². The zero-order chi connectivity index (χ0) is 18.1. The Morgan fingerprint density at radius 3 is 2.77 bits per heavy atom. The van der Waals surface area contributed by atoms with Crippen LogP contribution in [-0.2, 0) is 11.2 Å². The monoisotopic (exact) mass is 515 g/mol. The second-order valence-corrected chi connectivity index (χ2v) is 7.31. The van der Waals surface area contributed by atoms with Gasteiger partial charge in [0, 0.05) is 48.8 Å². The van der Waals surface area contributed by atoms with Crippen molar-refractivity contribution in [3.63, 3.8) is 0 Å². The van der Waals surface area contributed by atoms with Crippen LogP contribution in [0.4, 0.5) is 0 Å². The fourth-order valence-electron chi connectivity index (χ4n) is 3.01. The Bertz CT molecular complexity index is 582. The molecular weight excluding hydrogens is 488 g/mol. The molecule has 1 saturated heterocycles. The van der Waals surface area contributed by atoms with Crippen molar-refractivity contribution in [2.45, 2.75) is 25.7 Å². The molecule has 0 aromatic heterocycles. The lowest BCUT2D eigenvalue weighted by atomic mass is 9.84. The molecule has 1 heterocycles. The average Bonchev–Trinajstić information content (AvgIpc) is 3.05. The lowest BCUT2D eigenvalue weighted by Crippen LogP contribution is -2.44. The van der Waals surface area contributed by atoms with Gasteiger partial charge in [-0.15, -0.1) is 24.0 Å². The highest BCUT2D eigenvalue weighted by Crippen LogP contribution is 2.31. The quantitative estimate of drug-likeness (QED) is 0.214. The van der Waals surface area contributed by atoms with Crippen LogP contribution < -0.4 is 10.6 Å². The van der Waals surface area contributed by atoms with Crippen LogP contribution in [0.15, 0.2) is 23.2 Å². The van der Waals surface area contributed by atoms with Crippen LogP contribution in [-0.4, -0.2) is 51.0 Å². The number of aliphatic hydroxyl groups excluding tert-OH is 1. The van der Waals surface area contributed by atoms with Crippen LogP contribution in [0.3, 0.4) is 0 Å². The molecule has 26 heavy (non-hydrogen) atoms. The highest BCUT2D eigenvalue weighted by Gasteiger charge is 2.34. The van der Waals surface area contributed by atoms with E-state index in [0.717, 1.165) is 56.9 Å². The van der Waals surface area contributed by atoms with Gasteiger partial charge in [0.1, 0.15) is 0 Å². The summed E-state index contributed by atoms with van der Waals surface area (Å²) in [7, 11) is 1.76. The minimum absolute atomic E-state index is 0. The Balaban J connectivity index is 0.00000338. The molecule has 0 radical (unpaired) electrons. The maximum Gasteiger partial charge on any atom is 0.190 e. The number of hydrogen-bond donors (Lipinski definition) is 3. The maximum atomic E-state index is 9.29. The second kappa shape index (κ2) is 12.2. The van der Waals surface area contributed by atoms with E-state index in [4.69, 9.17) is 27.9 Å². The number of nitrogens with zero attached hydrogens (tertiary/aromatic N) is 1. The van der Waals surface area contributed by atoms with Gasteiger partial charge in [-0.1, -0.05) is 29.3 Å². The van der Waals surface area contributed by atoms with Crippen molar-refractivity contribution in [1.29, 1.82) is 0 Å². The van der Waals surface area contributed by atoms with E-state index in [1.54, 1.807) is 13.1 Å². The highest BCUT2D eigenvalue weighted by atomic mass is 127. The molecule has 1 aromatic rings. The number of benzene rings is 1. The van der Waals surface area contributed by atoms with Crippen LogP contribution >= 0.6 is 47.2 Å². The number of hydrogen-bond acceptors (Lipinski definition) is 3. The summed E-state index contributed by atoms with van der Waals surface area (Å²) in [6.45, 7) is 3.17. The van der Waals surface area contributed by atoms with Gasteiger partial charge in [-0.25, -0.2) is 0 Å². The summed E-state index contributed by atoms with van der Waals surface area (Å²) >= 11 is 12.1. The predicted octanol–water partition coefficient (Wildman–Crippen LogP) is 3.50. The minimum Gasteiger partial charge on any atom is -0.396 e. The van der Waals surface area contributed by atoms with Gasteiger partial charge >= 0.3 is 0 Å². The Kier molecular flexibility index (Phi) is 11.2. The van der Waals surface area contributed by atoms with Crippen molar-refractivity contribution >= 4 is 53.1 Å². The molecule has 0 spiro atoms. The molecule has 5 nitrogen and oxygen atoms in total. The van der Waals surface area contributed by atoms with Gasteiger partial charge in [-0.2, -0.15) is 0 Å². The van der Waals surface area contributed by atoms with E-state index < -0.39 is 0 Å². The molecule has 3 N–H and O–H groups in total. The molecule has 8 heteroatoms. The molecule has 0 amide bonds. The first-order valence-electron chi connectivity index (χ1n) is 8.66. The molecule has 1 fully saturated rings. The number of guanidine groups is 1. The summed E-state index contributed by atoms with van der Waals surface area (Å²) < 4.78 is 5.51. The molecule has 0 aliphatic carbocycles. The summed E-state index contributed by atoms with van der Waals surface area (Å²) in [4.78, 5) is 4.26. The van der Waals surface area contributed by atoms with Crippen LogP contribution in [0, 0.1) is 5.41 Å². The Labute approximate surface area is 182 Å². The first-order chi connectivity index (χ1) is 12.1. The third-order valence-corrected chi connectivity index (χ3v) is 5.20. The summed E-state index contributed by atoms with van der Waals surface area (Å²) in [5, 5.41) is 17.3. The van der Waals surface area contributed by atoms with Gasteiger partial charge in [-0.3, -0.25) is 4.99 Å². The normalized spacial score (nSPS) is 19.9. The van der Waals surface area contributed by atoms with E-state index in [0.29, 0.717) is 16.7 Å². The topological polar surface area (TPSA) is 65.9 Å². The van der Waals surface area contributed by atoms with Gasteiger partial charge in [0.25, 0.3) is 0 Å². The molecule has 2 rings (SSSR count). The molecule has 1 aliphatic heterocycles. The zero-order valence-corrected chi connectivity index (χ0v) is 18.9. The van der Waals surface area contributed by atoms with Crippen molar-refractivity contribution in [3.05, 3.63) is 33.8 Å². The average molecular weight is 516 g/mol. The van der Waals surface area contributed by atoms with Gasteiger partial charge in [0.05, 0.1) is 6.61 Å². The summed E-state index contributed by atoms with van der Waals surface area (Å²) in [5.74, 6) is 0.770. The van der Waals surface area contributed by atoms with Crippen LogP contribution in [0.2, 0.25) is 10.0 Å². The fourth-order valence-corrected chi connectivity index (χ4v) is 3.52. The van der Waals surface area contributed by atoms with E-state index in [-0.39, 0.29) is 36.0 Å². The lowest BCUT2D eigenvalue weighted by Gasteiger charge is -2.27. The van der Waals surface area contributed by atoms with E-state index >= 15 is 0 Å². The van der Waals surface area contributed by atoms with Crippen molar-refractivity contribution in [1.82, 2.24) is 10.6 Å². The predicted molar refractivity (Wildman–Crippen MR) is 119 cm³/mol. The molecule has 1 atom stereocenters. The summed E-state index contributed by atoms with van der Waals surface area (Å²) in [5.41, 5.74) is 1.10. The van der Waals surface area contributed by atoms with Crippen molar-refractivity contribution < 1.29 is 9.84 Å².